The lowest BCUT2D eigenvalue weighted by molar-refractivity contribution is -0.220. The number of aliphatic hydroxyl groups excluding tert-OH is 5. The third kappa shape index (κ3) is 20.9. The van der Waals surface area contributed by atoms with Crippen LogP contribution in [0, 0.1) is 0 Å². The second-order valence-electron chi connectivity index (χ2n) is 13.1. The number of allylic oxidation sites excluding steroid dienone is 2. The van der Waals surface area contributed by atoms with Gasteiger partial charge in [-0.2, -0.15) is 0 Å². The van der Waals surface area contributed by atoms with Gasteiger partial charge in [-0.3, -0.25) is 18.6 Å². The number of carbonyl (C=O) groups excluding carboxylic acids is 2. The summed E-state index contributed by atoms with van der Waals surface area (Å²) in [5.74, 6) is -1.13. The number of carbonyl (C=O) groups is 2. The summed E-state index contributed by atoms with van der Waals surface area (Å²) in [6.45, 7) is 3.10. The molecule has 1 aliphatic rings. The van der Waals surface area contributed by atoms with E-state index in [0.717, 1.165) is 57.8 Å². The molecule has 0 saturated heterocycles. The zero-order chi connectivity index (χ0) is 36.5. The van der Waals surface area contributed by atoms with Gasteiger partial charge in [0, 0.05) is 12.8 Å². The van der Waals surface area contributed by atoms with Crippen LogP contribution in [0.4, 0.5) is 0 Å². The molecular formula is C35H65O13P. The molecule has 6 unspecified atom stereocenters. The highest BCUT2D eigenvalue weighted by Crippen LogP contribution is 2.47. The maximum Gasteiger partial charge on any atom is 0.472 e. The highest BCUT2D eigenvalue weighted by molar-refractivity contribution is 7.47. The van der Waals surface area contributed by atoms with Gasteiger partial charge in [0.05, 0.1) is 6.61 Å². The SMILES string of the molecule is CCCCCCCCC/C=C\CCCCCCCC(=O)OC(COC(=O)CCCCCC)COP(=O)(O)OC1C(O)C(O)C(O)C(O)C1O. The lowest BCUT2D eigenvalue weighted by Gasteiger charge is -2.41. The van der Waals surface area contributed by atoms with Crippen LogP contribution >= 0.6 is 7.82 Å². The van der Waals surface area contributed by atoms with Gasteiger partial charge in [0.25, 0.3) is 0 Å². The zero-order valence-corrected chi connectivity index (χ0v) is 30.6. The first-order valence-corrected chi connectivity index (χ1v) is 20.0. The molecule has 1 rings (SSSR count). The van der Waals surface area contributed by atoms with Crippen LogP contribution in [0.1, 0.15) is 142 Å². The summed E-state index contributed by atoms with van der Waals surface area (Å²) in [6, 6.07) is 0. The second kappa shape index (κ2) is 27.3. The third-order valence-electron chi connectivity index (χ3n) is 8.61. The molecule has 0 heterocycles. The van der Waals surface area contributed by atoms with Crippen LogP contribution in [0.25, 0.3) is 0 Å². The number of esters is 2. The molecular weight excluding hydrogens is 659 g/mol. The summed E-state index contributed by atoms with van der Waals surface area (Å²) in [5, 5.41) is 49.7. The first-order valence-electron chi connectivity index (χ1n) is 18.5. The summed E-state index contributed by atoms with van der Waals surface area (Å²) in [6.07, 6.45) is 10.9. The van der Waals surface area contributed by atoms with Crippen molar-refractivity contribution >= 4 is 19.8 Å². The van der Waals surface area contributed by atoms with Crippen molar-refractivity contribution in [2.75, 3.05) is 13.2 Å². The smallest absolute Gasteiger partial charge is 0.462 e. The van der Waals surface area contributed by atoms with Crippen molar-refractivity contribution in [3.8, 4) is 0 Å². The molecule has 0 bridgehead atoms. The van der Waals surface area contributed by atoms with E-state index in [1.54, 1.807) is 0 Å². The van der Waals surface area contributed by atoms with Crippen LogP contribution < -0.4 is 0 Å². The van der Waals surface area contributed by atoms with Crippen LogP contribution in [0.3, 0.4) is 0 Å². The second-order valence-corrected chi connectivity index (χ2v) is 14.5. The highest BCUT2D eigenvalue weighted by Gasteiger charge is 2.51. The molecule has 0 radical (unpaired) electrons. The minimum absolute atomic E-state index is 0.0889. The number of aliphatic hydroxyl groups is 5. The van der Waals surface area contributed by atoms with Gasteiger partial charge in [-0.15, -0.1) is 0 Å². The van der Waals surface area contributed by atoms with E-state index in [9.17, 15) is 44.6 Å². The predicted molar refractivity (Wildman–Crippen MR) is 184 cm³/mol. The van der Waals surface area contributed by atoms with Gasteiger partial charge >= 0.3 is 19.8 Å². The standard InChI is InChI=1S/C35H65O13P/c1-3-5-7-9-10-11-12-13-14-15-16-17-18-19-20-22-24-29(37)47-27(25-45-28(36)23-21-8-6-4-2)26-46-49(43,44)48-35-33(41)31(39)30(38)32(40)34(35)42/h14-15,27,30-35,38-42H,3-13,16-26H2,1-2H3,(H,43,44)/b15-14-. The van der Waals surface area contributed by atoms with E-state index in [1.807, 2.05) is 6.92 Å². The number of hydrogen-bond donors (Lipinski definition) is 6. The van der Waals surface area contributed by atoms with E-state index >= 15 is 0 Å². The van der Waals surface area contributed by atoms with Gasteiger partial charge in [-0.05, 0) is 38.5 Å². The molecule has 49 heavy (non-hydrogen) atoms. The fourth-order valence-electron chi connectivity index (χ4n) is 5.52. The summed E-state index contributed by atoms with van der Waals surface area (Å²) in [4.78, 5) is 35.0. The Hall–Kier alpha value is -1.41. The summed E-state index contributed by atoms with van der Waals surface area (Å²) >= 11 is 0. The topological polar surface area (TPSA) is 210 Å². The molecule has 0 amide bonds. The van der Waals surface area contributed by atoms with E-state index in [-0.39, 0.29) is 12.8 Å². The van der Waals surface area contributed by atoms with Crippen molar-refractivity contribution in [3.05, 3.63) is 12.2 Å². The molecule has 6 N–H and O–H groups in total. The van der Waals surface area contributed by atoms with Gasteiger partial charge in [-0.25, -0.2) is 4.57 Å². The Morgan fingerprint density at radius 2 is 1.04 bits per heavy atom. The molecule has 0 aromatic rings. The first kappa shape index (κ1) is 45.6. The van der Waals surface area contributed by atoms with Gasteiger partial charge in [0.2, 0.25) is 0 Å². The largest absolute Gasteiger partial charge is 0.472 e. The molecule has 0 aliphatic heterocycles. The van der Waals surface area contributed by atoms with Crippen LogP contribution in [-0.2, 0) is 32.7 Å². The number of phosphoric ester groups is 1. The molecule has 0 aromatic carbocycles. The van der Waals surface area contributed by atoms with Crippen molar-refractivity contribution in [2.45, 2.75) is 185 Å². The van der Waals surface area contributed by atoms with Crippen molar-refractivity contribution in [1.29, 1.82) is 0 Å². The lowest BCUT2D eigenvalue weighted by atomic mass is 9.85. The normalized spacial score (nSPS) is 24.5. The van der Waals surface area contributed by atoms with Crippen molar-refractivity contribution in [2.24, 2.45) is 0 Å². The van der Waals surface area contributed by atoms with Crippen LogP contribution in [0.15, 0.2) is 12.2 Å². The van der Waals surface area contributed by atoms with Crippen molar-refractivity contribution < 1.29 is 63.1 Å². The van der Waals surface area contributed by atoms with Crippen LogP contribution in [0.2, 0.25) is 0 Å². The van der Waals surface area contributed by atoms with E-state index < -0.39 is 75.7 Å². The summed E-state index contributed by atoms with van der Waals surface area (Å²) in [5.41, 5.74) is 0. The van der Waals surface area contributed by atoms with Crippen molar-refractivity contribution in [3.63, 3.8) is 0 Å². The maximum atomic E-state index is 12.6. The molecule has 288 valence electrons. The number of phosphoric acid groups is 1. The van der Waals surface area contributed by atoms with Crippen molar-refractivity contribution in [1.82, 2.24) is 0 Å². The van der Waals surface area contributed by atoms with Gasteiger partial charge in [-0.1, -0.05) is 103 Å². The highest BCUT2D eigenvalue weighted by atomic mass is 31.2. The third-order valence-corrected chi connectivity index (χ3v) is 9.59. The fraction of sp³-hybridized carbons (Fsp3) is 0.886. The summed E-state index contributed by atoms with van der Waals surface area (Å²) < 4.78 is 33.0. The average molecular weight is 725 g/mol. The van der Waals surface area contributed by atoms with Crippen LogP contribution in [-0.4, -0.2) is 98.3 Å². The number of rotatable bonds is 29. The maximum absolute atomic E-state index is 12.6. The number of ether oxygens (including phenoxy) is 2. The Balaban J connectivity index is 2.47. The van der Waals surface area contributed by atoms with E-state index in [0.29, 0.717) is 12.8 Å². The first-order chi connectivity index (χ1) is 23.4. The molecule has 0 aromatic heterocycles. The number of hydrogen-bond acceptors (Lipinski definition) is 12. The molecule has 1 fully saturated rings. The van der Waals surface area contributed by atoms with Gasteiger partial charge in [0.1, 0.15) is 43.2 Å². The minimum Gasteiger partial charge on any atom is -0.462 e. The Kier molecular flexibility index (Phi) is 25.4. The van der Waals surface area contributed by atoms with Crippen LogP contribution in [0.5, 0.6) is 0 Å². The molecule has 13 nitrogen and oxygen atoms in total. The fourth-order valence-corrected chi connectivity index (χ4v) is 6.49. The summed E-state index contributed by atoms with van der Waals surface area (Å²) in [7, 11) is -5.09. The molecule has 6 atom stereocenters. The van der Waals surface area contributed by atoms with E-state index in [1.165, 1.54) is 44.9 Å². The van der Waals surface area contributed by atoms with Gasteiger partial charge < -0.3 is 39.9 Å². The molecule has 1 saturated carbocycles. The average Bonchev–Trinajstić information content (AvgIpc) is 3.07. The lowest BCUT2D eigenvalue weighted by Crippen LogP contribution is -2.64. The number of unbranched alkanes of at least 4 members (excludes halogenated alkanes) is 15. The van der Waals surface area contributed by atoms with E-state index in [4.69, 9.17) is 18.5 Å². The Labute approximate surface area is 293 Å². The molecule has 0 spiro atoms. The zero-order valence-electron chi connectivity index (χ0n) is 29.7. The molecule has 1 aliphatic carbocycles. The Bertz CT molecular complexity index is 932. The van der Waals surface area contributed by atoms with E-state index in [2.05, 4.69) is 19.1 Å². The minimum atomic E-state index is -5.09. The Morgan fingerprint density at radius 1 is 0.612 bits per heavy atom. The molecule has 14 heteroatoms. The quantitative estimate of drug-likeness (QED) is 0.0255. The van der Waals surface area contributed by atoms with Gasteiger partial charge in [0.15, 0.2) is 6.10 Å². The monoisotopic (exact) mass is 724 g/mol. The predicted octanol–water partition coefficient (Wildman–Crippen LogP) is 5.16. The Morgan fingerprint density at radius 3 is 1.57 bits per heavy atom.